The maximum atomic E-state index is 13.0. The van der Waals surface area contributed by atoms with Gasteiger partial charge in [-0.1, -0.05) is 12.1 Å². The lowest BCUT2D eigenvalue weighted by Crippen LogP contribution is -2.30. The van der Waals surface area contributed by atoms with Gasteiger partial charge in [-0.15, -0.1) is 0 Å². The molecule has 0 unspecified atom stereocenters. The van der Waals surface area contributed by atoms with Gasteiger partial charge in [0.25, 0.3) is 5.91 Å². The Bertz CT molecular complexity index is 1240. The summed E-state index contributed by atoms with van der Waals surface area (Å²) >= 11 is 0. The van der Waals surface area contributed by atoms with Crippen LogP contribution in [-0.2, 0) is 6.42 Å². The van der Waals surface area contributed by atoms with E-state index in [1.807, 2.05) is 49.4 Å². The highest BCUT2D eigenvalue weighted by Crippen LogP contribution is 2.29. The molecule has 4 rings (SSSR count). The van der Waals surface area contributed by atoms with Crippen LogP contribution in [0.4, 0.5) is 0 Å². The van der Waals surface area contributed by atoms with Gasteiger partial charge in [0.1, 0.15) is 5.52 Å². The maximum Gasteiger partial charge on any atom is 0.254 e. The van der Waals surface area contributed by atoms with Crippen molar-refractivity contribution in [2.75, 3.05) is 21.3 Å². The van der Waals surface area contributed by atoms with E-state index in [2.05, 4.69) is 9.97 Å². The molecule has 1 amide bonds. The lowest BCUT2D eigenvalue weighted by atomic mass is 10.1. The van der Waals surface area contributed by atoms with E-state index in [1.165, 1.54) is 0 Å². The Morgan fingerprint density at radius 1 is 1.06 bits per heavy atom. The minimum atomic E-state index is -0.158. The number of carbonyl (C=O) groups excluding carboxylic acids is 1. The Labute approximate surface area is 186 Å². The number of benzene rings is 2. The summed E-state index contributed by atoms with van der Waals surface area (Å²) < 4.78 is 16.6. The smallest absolute Gasteiger partial charge is 0.254 e. The first-order valence-corrected chi connectivity index (χ1v) is 10.3. The molecule has 0 fully saturated rings. The number of nitrogens with zero attached hydrogens (tertiary/aromatic N) is 3. The third-order valence-electron chi connectivity index (χ3n) is 5.50. The first kappa shape index (κ1) is 21.4. The van der Waals surface area contributed by atoms with E-state index in [0.717, 1.165) is 11.3 Å². The zero-order valence-corrected chi connectivity index (χ0v) is 18.5. The number of rotatable bonds is 7. The van der Waals surface area contributed by atoms with E-state index >= 15 is 0 Å². The molecule has 4 aromatic rings. The van der Waals surface area contributed by atoms with Gasteiger partial charge in [-0.3, -0.25) is 9.78 Å². The summed E-state index contributed by atoms with van der Waals surface area (Å²) in [6.45, 7) is 1.95. The van der Waals surface area contributed by atoms with Gasteiger partial charge < -0.3 is 18.8 Å². The minimum Gasteiger partial charge on any atom is -0.493 e. The van der Waals surface area contributed by atoms with E-state index < -0.39 is 0 Å². The lowest BCUT2D eigenvalue weighted by Gasteiger charge is -2.24. The average Bonchev–Trinajstić information content (AvgIpc) is 3.24. The van der Waals surface area contributed by atoms with Crippen LogP contribution in [0.25, 0.3) is 11.1 Å². The average molecular weight is 431 g/mol. The molecule has 2 aromatic carbocycles. The molecule has 0 spiro atoms. The van der Waals surface area contributed by atoms with Crippen LogP contribution in [0.15, 0.2) is 65.2 Å². The largest absolute Gasteiger partial charge is 0.493 e. The van der Waals surface area contributed by atoms with E-state index in [-0.39, 0.29) is 11.9 Å². The quantitative estimate of drug-likeness (QED) is 0.423. The monoisotopic (exact) mass is 431 g/mol. The van der Waals surface area contributed by atoms with Crippen LogP contribution < -0.4 is 9.47 Å². The highest BCUT2D eigenvalue weighted by molar-refractivity contribution is 5.97. The second-order valence-corrected chi connectivity index (χ2v) is 7.50. The van der Waals surface area contributed by atoms with Gasteiger partial charge in [0.2, 0.25) is 0 Å². The summed E-state index contributed by atoms with van der Waals surface area (Å²) in [6, 6.07) is 16.5. The summed E-state index contributed by atoms with van der Waals surface area (Å²) in [5.41, 5.74) is 3.63. The molecule has 0 bridgehead atoms. The molecular weight excluding hydrogens is 406 g/mol. The third kappa shape index (κ3) is 4.27. The molecule has 164 valence electrons. The van der Waals surface area contributed by atoms with Gasteiger partial charge in [0.05, 0.1) is 26.0 Å². The minimum absolute atomic E-state index is 0.108. The number of hydrogen-bond donors (Lipinski definition) is 0. The van der Waals surface area contributed by atoms with Gasteiger partial charge in [0.15, 0.2) is 23.0 Å². The third-order valence-corrected chi connectivity index (χ3v) is 5.50. The number of carbonyl (C=O) groups is 1. The number of methoxy groups -OCH3 is 2. The van der Waals surface area contributed by atoms with Crippen LogP contribution in [0.1, 0.15) is 40.5 Å². The topological polar surface area (TPSA) is 77.7 Å². The Morgan fingerprint density at radius 2 is 1.88 bits per heavy atom. The molecule has 7 nitrogen and oxygen atoms in total. The molecule has 1 atom stereocenters. The van der Waals surface area contributed by atoms with Crippen molar-refractivity contribution in [2.24, 2.45) is 0 Å². The van der Waals surface area contributed by atoms with Crippen molar-refractivity contribution in [3.05, 3.63) is 83.5 Å². The number of ether oxygens (including phenoxy) is 2. The molecule has 0 radical (unpaired) electrons. The zero-order valence-electron chi connectivity index (χ0n) is 18.5. The molecule has 0 saturated heterocycles. The summed E-state index contributed by atoms with van der Waals surface area (Å²) in [6.07, 6.45) is 2.22. The Balaban J connectivity index is 1.54. The van der Waals surface area contributed by atoms with Crippen LogP contribution in [0.2, 0.25) is 0 Å². The number of amides is 1. The van der Waals surface area contributed by atoms with Gasteiger partial charge in [-0.05, 0) is 55.0 Å². The van der Waals surface area contributed by atoms with Crippen LogP contribution >= 0.6 is 0 Å². The van der Waals surface area contributed by atoms with E-state index in [0.29, 0.717) is 40.5 Å². The van der Waals surface area contributed by atoms with Gasteiger partial charge in [0, 0.05) is 25.2 Å². The summed E-state index contributed by atoms with van der Waals surface area (Å²) in [5.74, 6) is 1.77. The number of hydrogen-bond acceptors (Lipinski definition) is 6. The molecule has 0 saturated carbocycles. The first-order chi connectivity index (χ1) is 15.5. The van der Waals surface area contributed by atoms with E-state index in [9.17, 15) is 4.79 Å². The molecule has 32 heavy (non-hydrogen) atoms. The molecule has 0 aliphatic carbocycles. The summed E-state index contributed by atoms with van der Waals surface area (Å²) in [7, 11) is 4.98. The predicted molar refractivity (Wildman–Crippen MR) is 121 cm³/mol. The highest BCUT2D eigenvalue weighted by atomic mass is 16.5. The highest BCUT2D eigenvalue weighted by Gasteiger charge is 2.21. The molecule has 2 heterocycles. The lowest BCUT2D eigenvalue weighted by molar-refractivity contribution is 0.0740. The van der Waals surface area contributed by atoms with Crippen molar-refractivity contribution < 1.29 is 18.7 Å². The van der Waals surface area contributed by atoms with Gasteiger partial charge in [-0.2, -0.15) is 0 Å². The van der Waals surface area contributed by atoms with Crippen LogP contribution in [0.3, 0.4) is 0 Å². The molecule has 2 aromatic heterocycles. The fourth-order valence-electron chi connectivity index (χ4n) is 3.55. The molecule has 7 heteroatoms. The summed E-state index contributed by atoms with van der Waals surface area (Å²) in [5, 5.41) is 0. The fourth-order valence-corrected chi connectivity index (χ4v) is 3.55. The van der Waals surface area contributed by atoms with Crippen molar-refractivity contribution in [1.82, 2.24) is 14.9 Å². The number of pyridine rings is 1. The summed E-state index contributed by atoms with van der Waals surface area (Å²) in [4.78, 5) is 23.6. The van der Waals surface area contributed by atoms with E-state index in [1.54, 1.807) is 44.5 Å². The van der Waals surface area contributed by atoms with Crippen molar-refractivity contribution in [1.29, 1.82) is 0 Å². The number of aromatic nitrogens is 2. The van der Waals surface area contributed by atoms with Crippen LogP contribution in [-0.4, -0.2) is 42.0 Å². The zero-order chi connectivity index (χ0) is 22.7. The SMILES string of the molecule is COc1ccc(Cc2nc3ccc(C(=O)N(C)[C@@H](C)c4ccccn4)cc3o2)cc1OC. The molecule has 0 aliphatic rings. The maximum absolute atomic E-state index is 13.0. The standard InChI is InChI=1S/C25H25N3O4/c1-16(19-7-5-6-12-26-19)28(2)25(29)18-9-10-20-22(15-18)32-24(27-20)14-17-8-11-21(30-3)23(13-17)31-4/h5-13,15-16H,14H2,1-4H3/t16-/m0/s1. The fraction of sp³-hybridized carbons (Fsp3) is 0.240. The number of oxazole rings is 1. The molecular formula is C25H25N3O4. The molecule has 0 N–H and O–H groups in total. The second kappa shape index (κ2) is 9.09. The molecule has 0 aliphatic heterocycles. The van der Waals surface area contributed by atoms with Crippen LogP contribution in [0, 0.1) is 0 Å². The Hall–Kier alpha value is -3.87. The van der Waals surface area contributed by atoms with Crippen LogP contribution in [0.5, 0.6) is 11.5 Å². The second-order valence-electron chi connectivity index (χ2n) is 7.50. The van der Waals surface area contributed by atoms with E-state index in [4.69, 9.17) is 13.9 Å². The van der Waals surface area contributed by atoms with Crippen molar-refractivity contribution >= 4 is 17.0 Å². The van der Waals surface area contributed by atoms with Crippen molar-refractivity contribution in [2.45, 2.75) is 19.4 Å². The van der Waals surface area contributed by atoms with Crippen molar-refractivity contribution in [3.63, 3.8) is 0 Å². The Morgan fingerprint density at radius 3 is 2.59 bits per heavy atom. The number of fused-ring (bicyclic) bond motifs is 1. The predicted octanol–water partition coefficient (Wildman–Crippen LogP) is 4.66. The van der Waals surface area contributed by atoms with Gasteiger partial charge in [-0.25, -0.2) is 4.98 Å². The Kier molecular flexibility index (Phi) is 6.07. The normalized spacial score (nSPS) is 11.9. The first-order valence-electron chi connectivity index (χ1n) is 10.3. The van der Waals surface area contributed by atoms with Crippen molar-refractivity contribution in [3.8, 4) is 11.5 Å². The van der Waals surface area contributed by atoms with Gasteiger partial charge >= 0.3 is 0 Å².